The molecule has 9 nitrogen and oxygen atoms in total. The number of benzene rings is 3. The summed E-state index contributed by atoms with van der Waals surface area (Å²) in [5.74, 6) is -2.03. The zero-order chi connectivity index (χ0) is 32.3. The van der Waals surface area contributed by atoms with Gasteiger partial charge in [-0.15, -0.1) is 0 Å². The van der Waals surface area contributed by atoms with Crippen LogP contribution in [0, 0.1) is 5.41 Å². The first kappa shape index (κ1) is 34.1. The van der Waals surface area contributed by atoms with E-state index in [1.54, 1.807) is 103 Å². The van der Waals surface area contributed by atoms with Crippen molar-refractivity contribution in [3.8, 4) is 11.5 Å². The molecule has 0 radical (unpaired) electrons. The van der Waals surface area contributed by atoms with Crippen molar-refractivity contribution in [3.05, 3.63) is 95.1 Å². The standard InChI is InChI=1S/C35H42O9/c1-23(27-11-7-10-26(16-27)19-36)32(37)42-20-35(4,21-43-33(38)24(2)28-12-8-14-30(17-28)40-5)22-44-34(39)25(3)29-13-9-15-31(18-29)41-6/h7-18,23-25,36H,19-22H2,1-6H3. The van der Waals surface area contributed by atoms with E-state index in [1.807, 2.05) is 12.1 Å². The van der Waals surface area contributed by atoms with Crippen molar-refractivity contribution in [2.24, 2.45) is 5.41 Å². The maximum absolute atomic E-state index is 13.1. The molecule has 1 N–H and O–H groups in total. The van der Waals surface area contributed by atoms with Gasteiger partial charge in [0.1, 0.15) is 31.3 Å². The van der Waals surface area contributed by atoms with Crippen LogP contribution in [-0.4, -0.2) is 57.1 Å². The Balaban J connectivity index is 1.72. The molecule has 0 aliphatic rings. The first-order valence-electron chi connectivity index (χ1n) is 14.5. The summed E-state index contributed by atoms with van der Waals surface area (Å²) in [4.78, 5) is 39.2. The minimum Gasteiger partial charge on any atom is -0.497 e. The van der Waals surface area contributed by atoms with Gasteiger partial charge in [-0.25, -0.2) is 0 Å². The van der Waals surface area contributed by atoms with Crippen molar-refractivity contribution in [3.63, 3.8) is 0 Å². The SMILES string of the molecule is COc1cccc(C(C)C(=O)OCC(C)(COC(=O)C(C)c2cccc(CO)c2)COC(=O)C(C)c2cccc(OC)c2)c1. The predicted molar refractivity (Wildman–Crippen MR) is 165 cm³/mol. The van der Waals surface area contributed by atoms with Crippen LogP contribution in [0.15, 0.2) is 72.8 Å². The van der Waals surface area contributed by atoms with E-state index < -0.39 is 41.1 Å². The molecule has 0 aromatic heterocycles. The lowest BCUT2D eigenvalue weighted by Gasteiger charge is -2.29. The third-order valence-electron chi connectivity index (χ3n) is 7.57. The molecule has 0 aliphatic carbocycles. The number of hydrogen-bond acceptors (Lipinski definition) is 9. The number of carbonyl (C=O) groups excluding carboxylic acids is 3. The largest absolute Gasteiger partial charge is 0.497 e. The molecule has 0 amide bonds. The summed E-state index contributed by atoms with van der Waals surface area (Å²) in [6, 6.07) is 21.4. The number of aliphatic hydroxyl groups excluding tert-OH is 1. The Morgan fingerprint density at radius 1 is 0.636 bits per heavy atom. The quantitative estimate of drug-likeness (QED) is 0.176. The second kappa shape index (κ2) is 15.9. The molecular formula is C35H42O9. The van der Waals surface area contributed by atoms with Crippen molar-refractivity contribution in [1.82, 2.24) is 0 Å². The van der Waals surface area contributed by atoms with Crippen molar-refractivity contribution >= 4 is 17.9 Å². The maximum atomic E-state index is 13.1. The summed E-state index contributed by atoms with van der Waals surface area (Å²) in [6.07, 6.45) is 0. The molecule has 0 heterocycles. The van der Waals surface area contributed by atoms with Crippen molar-refractivity contribution in [2.45, 2.75) is 52.1 Å². The number of carbonyl (C=O) groups is 3. The number of esters is 3. The van der Waals surface area contributed by atoms with E-state index in [9.17, 15) is 19.5 Å². The summed E-state index contributed by atoms with van der Waals surface area (Å²) < 4.78 is 27.6. The molecule has 9 heteroatoms. The molecule has 0 spiro atoms. The highest BCUT2D eigenvalue weighted by molar-refractivity contribution is 5.79. The Hall–Kier alpha value is -4.37. The monoisotopic (exact) mass is 606 g/mol. The third-order valence-corrected chi connectivity index (χ3v) is 7.57. The van der Waals surface area contributed by atoms with Crippen molar-refractivity contribution < 1.29 is 43.2 Å². The number of ether oxygens (including phenoxy) is 5. The molecule has 236 valence electrons. The Morgan fingerprint density at radius 2 is 1.00 bits per heavy atom. The average molecular weight is 607 g/mol. The highest BCUT2D eigenvalue weighted by Gasteiger charge is 2.33. The van der Waals surface area contributed by atoms with Crippen LogP contribution in [0.2, 0.25) is 0 Å². The summed E-state index contributed by atoms with van der Waals surface area (Å²) >= 11 is 0. The number of aliphatic hydroxyl groups is 1. The lowest BCUT2D eigenvalue weighted by Crippen LogP contribution is -2.38. The third kappa shape index (κ3) is 9.31. The van der Waals surface area contributed by atoms with Gasteiger partial charge in [-0.1, -0.05) is 48.5 Å². The van der Waals surface area contributed by atoms with Crippen LogP contribution in [0.5, 0.6) is 11.5 Å². The normalized spacial score (nSPS) is 14.3. The van der Waals surface area contributed by atoms with Gasteiger partial charge in [0.25, 0.3) is 0 Å². The Labute approximate surface area is 259 Å². The minimum absolute atomic E-state index is 0.146. The van der Waals surface area contributed by atoms with Gasteiger partial charge < -0.3 is 28.8 Å². The van der Waals surface area contributed by atoms with Crippen LogP contribution in [0.3, 0.4) is 0 Å². The van der Waals surface area contributed by atoms with Gasteiger partial charge in [0.05, 0.1) is 44.0 Å². The smallest absolute Gasteiger partial charge is 0.313 e. The maximum Gasteiger partial charge on any atom is 0.313 e. The highest BCUT2D eigenvalue weighted by Crippen LogP contribution is 2.27. The zero-order valence-electron chi connectivity index (χ0n) is 26.2. The molecule has 3 aromatic carbocycles. The fourth-order valence-electron chi connectivity index (χ4n) is 4.43. The highest BCUT2D eigenvalue weighted by atomic mass is 16.6. The Bertz CT molecular complexity index is 1250. The molecule has 0 aliphatic heterocycles. The molecule has 0 bridgehead atoms. The first-order chi connectivity index (χ1) is 21.0. The van der Waals surface area contributed by atoms with Gasteiger partial charge in [-0.2, -0.15) is 0 Å². The second-order valence-corrected chi connectivity index (χ2v) is 11.3. The molecule has 3 unspecified atom stereocenters. The van der Waals surface area contributed by atoms with E-state index in [0.29, 0.717) is 22.6 Å². The van der Waals surface area contributed by atoms with Crippen LogP contribution in [0.1, 0.15) is 67.7 Å². The van der Waals surface area contributed by atoms with Crippen molar-refractivity contribution in [1.29, 1.82) is 0 Å². The van der Waals surface area contributed by atoms with Crippen LogP contribution in [0.4, 0.5) is 0 Å². The van der Waals surface area contributed by atoms with Gasteiger partial charge in [-0.05, 0) is 74.2 Å². The van der Waals surface area contributed by atoms with Crippen LogP contribution in [0.25, 0.3) is 0 Å². The molecule has 44 heavy (non-hydrogen) atoms. The van der Waals surface area contributed by atoms with E-state index in [4.69, 9.17) is 23.7 Å². The summed E-state index contributed by atoms with van der Waals surface area (Å²) in [5, 5.41) is 9.46. The average Bonchev–Trinajstić information content (AvgIpc) is 3.07. The van der Waals surface area contributed by atoms with Crippen LogP contribution in [-0.2, 0) is 35.2 Å². The molecule has 0 saturated carbocycles. The summed E-state index contributed by atoms with van der Waals surface area (Å²) in [6.45, 7) is 6.25. The minimum atomic E-state index is -1.05. The molecular weight excluding hydrogens is 564 g/mol. The van der Waals surface area contributed by atoms with Crippen molar-refractivity contribution in [2.75, 3.05) is 34.0 Å². The molecule has 0 fully saturated rings. The van der Waals surface area contributed by atoms with E-state index in [2.05, 4.69) is 0 Å². The first-order valence-corrected chi connectivity index (χ1v) is 14.5. The Morgan fingerprint density at radius 3 is 1.36 bits per heavy atom. The van der Waals surface area contributed by atoms with Gasteiger partial charge in [-0.3, -0.25) is 14.4 Å². The lowest BCUT2D eigenvalue weighted by molar-refractivity contribution is -0.162. The van der Waals surface area contributed by atoms with E-state index >= 15 is 0 Å². The topological polar surface area (TPSA) is 118 Å². The van der Waals surface area contributed by atoms with Crippen LogP contribution < -0.4 is 9.47 Å². The van der Waals surface area contributed by atoms with E-state index in [1.165, 1.54) is 0 Å². The summed E-state index contributed by atoms with van der Waals surface area (Å²) in [7, 11) is 3.10. The number of methoxy groups -OCH3 is 2. The van der Waals surface area contributed by atoms with Gasteiger partial charge in [0, 0.05) is 0 Å². The summed E-state index contributed by atoms with van der Waals surface area (Å²) in [5.41, 5.74) is 1.77. The molecule has 3 aromatic rings. The number of hydrogen-bond donors (Lipinski definition) is 1. The molecule has 3 atom stereocenters. The number of rotatable bonds is 15. The van der Waals surface area contributed by atoms with E-state index in [-0.39, 0.29) is 26.4 Å². The fraction of sp³-hybridized carbons (Fsp3) is 0.400. The van der Waals surface area contributed by atoms with Gasteiger partial charge in [0.2, 0.25) is 0 Å². The van der Waals surface area contributed by atoms with E-state index in [0.717, 1.165) is 11.1 Å². The molecule has 0 saturated heterocycles. The van der Waals surface area contributed by atoms with Gasteiger partial charge >= 0.3 is 17.9 Å². The Kier molecular flexibility index (Phi) is 12.3. The molecule has 3 rings (SSSR count). The zero-order valence-corrected chi connectivity index (χ0v) is 26.2. The predicted octanol–water partition coefficient (Wildman–Crippen LogP) is 5.54. The van der Waals surface area contributed by atoms with Gasteiger partial charge in [0.15, 0.2) is 0 Å². The van der Waals surface area contributed by atoms with Crippen LogP contribution >= 0.6 is 0 Å². The lowest BCUT2D eigenvalue weighted by atomic mass is 9.93. The second-order valence-electron chi connectivity index (χ2n) is 11.3. The fourth-order valence-corrected chi connectivity index (χ4v) is 4.43.